The van der Waals surface area contributed by atoms with Crippen molar-refractivity contribution in [3.63, 3.8) is 0 Å². The fourth-order valence-electron chi connectivity index (χ4n) is 10.3. The van der Waals surface area contributed by atoms with Gasteiger partial charge in [0.15, 0.2) is 5.69 Å². The molecule has 4 fully saturated rings. The topological polar surface area (TPSA) is 153 Å². The summed E-state index contributed by atoms with van der Waals surface area (Å²) in [7, 11) is 0. The summed E-state index contributed by atoms with van der Waals surface area (Å²) in [6.07, 6.45) is -3.31. The molecule has 332 valence electrons. The number of carbonyl (C=O) groups excluding carboxylic acids is 3. The van der Waals surface area contributed by atoms with Crippen LogP contribution in [0.5, 0.6) is 5.75 Å². The quantitative estimate of drug-likeness (QED) is 0.177. The summed E-state index contributed by atoms with van der Waals surface area (Å²) in [5.41, 5.74) is -0.241. The molecule has 1 aliphatic carbocycles. The normalized spacial score (nSPS) is 22.9. The Bertz CT molecular complexity index is 2520. The molecular formula is C46H50ClF3N8O5. The van der Waals surface area contributed by atoms with E-state index in [0.717, 1.165) is 51.3 Å². The van der Waals surface area contributed by atoms with Crippen LogP contribution < -0.4 is 30.7 Å². The van der Waals surface area contributed by atoms with Crippen LogP contribution in [-0.4, -0.2) is 90.4 Å². The van der Waals surface area contributed by atoms with E-state index in [9.17, 15) is 37.6 Å². The van der Waals surface area contributed by atoms with Gasteiger partial charge in [0.1, 0.15) is 24.0 Å². The van der Waals surface area contributed by atoms with Crippen LogP contribution in [0.2, 0.25) is 5.02 Å². The molecule has 1 unspecified atom stereocenters. The van der Waals surface area contributed by atoms with Gasteiger partial charge in [-0.05, 0) is 79.8 Å². The Morgan fingerprint density at radius 3 is 2.16 bits per heavy atom. The first-order chi connectivity index (χ1) is 29.8. The maximum Gasteiger partial charge on any atom is 0.435 e. The summed E-state index contributed by atoms with van der Waals surface area (Å²) < 4.78 is 50.0. The predicted molar refractivity (Wildman–Crippen MR) is 232 cm³/mol. The van der Waals surface area contributed by atoms with Gasteiger partial charge in [-0.15, -0.1) is 0 Å². The number of nitrogens with one attached hydrogen (secondary N) is 2. The van der Waals surface area contributed by atoms with E-state index in [2.05, 4.69) is 59.3 Å². The van der Waals surface area contributed by atoms with Crippen LogP contribution in [0.1, 0.15) is 81.0 Å². The minimum absolute atomic E-state index is 0.106. The third-order valence-corrected chi connectivity index (χ3v) is 13.8. The Balaban J connectivity index is 0.823. The Hall–Kier alpha value is -5.66. The van der Waals surface area contributed by atoms with Gasteiger partial charge in [0.25, 0.3) is 17.4 Å². The van der Waals surface area contributed by atoms with Gasteiger partial charge in [-0.25, -0.2) is 4.68 Å². The number of fused-ring (bicyclic) bond motifs is 1. The highest BCUT2D eigenvalue weighted by Crippen LogP contribution is 2.55. The monoisotopic (exact) mass is 886 g/mol. The zero-order chi connectivity index (χ0) is 45.0. The number of rotatable bonds is 9. The third kappa shape index (κ3) is 8.57. The number of piperazine rings is 1. The minimum atomic E-state index is -4.89. The molecule has 4 aliphatic rings. The molecule has 8 rings (SSSR count). The van der Waals surface area contributed by atoms with Crippen molar-refractivity contribution >= 4 is 51.5 Å². The fourth-order valence-corrected chi connectivity index (χ4v) is 10.6. The smallest absolute Gasteiger partial charge is 0.435 e. The zero-order valence-corrected chi connectivity index (χ0v) is 36.4. The molecule has 1 atom stereocenters. The number of carbonyl (C=O) groups is 3. The summed E-state index contributed by atoms with van der Waals surface area (Å²) in [6.45, 7) is 13.6. The van der Waals surface area contributed by atoms with Crippen molar-refractivity contribution in [1.29, 1.82) is 5.26 Å². The average Bonchev–Trinajstić information content (AvgIpc) is 3.25. The number of ether oxygens (including phenoxy) is 1. The van der Waals surface area contributed by atoms with Crippen LogP contribution in [0.25, 0.3) is 10.8 Å². The van der Waals surface area contributed by atoms with E-state index in [4.69, 9.17) is 16.3 Å². The number of alkyl halides is 3. The summed E-state index contributed by atoms with van der Waals surface area (Å²) >= 11 is 6.25. The number of piperidine rings is 2. The molecule has 3 aliphatic heterocycles. The second-order valence-electron chi connectivity index (χ2n) is 18.4. The van der Waals surface area contributed by atoms with Crippen molar-refractivity contribution in [3.05, 3.63) is 92.9 Å². The van der Waals surface area contributed by atoms with Crippen LogP contribution >= 0.6 is 11.6 Å². The van der Waals surface area contributed by atoms with E-state index < -0.39 is 35.3 Å². The van der Waals surface area contributed by atoms with Crippen molar-refractivity contribution in [2.75, 3.05) is 55.6 Å². The molecule has 0 bridgehead atoms. The molecule has 3 amide bonds. The predicted octanol–water partition coefficient (Wildman–Crippen LogP) is 6.57. The minimum Gasteiger partial charge on any atom is -0.489 e. The number of anilines is 2. The number of amides is 3. The third-order valence-electron chi connectivity index (χ3n) is 13.5. The first-order valence-electron chi connectivity index (χ1n) is 21.3. The van der Waals surface area contributed by atoms with Gasteiger partial charge < -0.3 is 19.9 Å². The van der Waals surface area contributed by atoms with Gasteiger partial charge in [0, 0.05) is 97.5 Å². The summed E-state index contributed by atoms with van der Waals surface area (Å²) in [4.78, 5) is 57.7. The molecule has 63 heavy (non-hydrogen) atoms. The Morgan fingerprint density at radius 2 is 1.54 bits per heavy atom. The molecule has 3 saturated heterocycles. The molecule has 1 aromatic heterocycles. The van der Waals surface area contributed by atoms with E-state index >= 15 is 0 Å². The molecule has 4 heterocycles. The van der Waals surface area contributed by atoms with E-state index in [1.165, 1.54) is 12.1 Å². The lowest BCUT2D eigenvalue weighted by molar-refractivity contribution is -0.164. The summed E-state index contributed by atoms with van der Waals surface area (Å²) in [6, 6.07) is 17.7. The highest BCUT2D eigenvalue weighted by molar-refractivity contribution is 6.31. The zero-order valence-electron chi connectivity index (χ0n) is 35.6. The van der Waals surface area contributed by atoms with Crippen molar-refractivity contribution in [1.82, 2.24) is 25.3 Å². The lowest BCUT2D eigenvalue weighted by Crippen LogP contribution is -2.74. The number of hydrogen-bond acceptors (Lipinski definition) is 10. The lowest BCUT2D eigenvalue weighted by atomic mass is 9.49. The average molecular weight is 887 g/mol. The van der Waals surface area contributed by atoms with Gasteiger partial charge in [0.05, 0.1) is 16.0 Å². The largest absolute Gasteiger partial charge is 0.489 e. The molecule has 2 N–H and O–H groups in total. The van der Waals surface area contributed by atoms with Gasteiger partial charge in [-0.3, -0.25) is 29.4 Å². The molecule has 0 radical (unpaired) electrons. The second kappa shape index (κ2) is 16.8. The van der Waals surface area contributed by atoms with Crippen LogP contribution in [0.3, 0.4) is 0 Å². The molecular weight excluding hydrogens is 837 g/mol. The Kier molecular flexibility index (Phi) is 11.7. The van der Waals surface area contributed by atoms with Crippen LogP contribution in [0.4, 0.5) is 24.5 Å². The van der Waals surface area contributed by atoms with Gasteiger partial charge in [-0.1, -0.05) is 39.3 Å². The number of halogens is 4. The van der Waals surface area contributed by atoms with Crippen LogP contribution in [0.15, 0.2) is 65.5 Å². The molecule has 13 nitrogen and oxygen atoms in total. The summed E-state index contributed by atoms with van der Waals surface area (Å²) in [5, 5.41) is 18.0. The number of nitrogens with zero attached hydrogens (tertiary/aromatic N) is 6. The van der Waals surface area contributed by atoms with Crippen LogP contribution in [-0.2, 0) is 15.8 Å². The molecule has 3 aromatic carbocycles. The number of benzene rings is 3. The van der Waals surface area contributed by atoms with Gasteiger partial charge >= 0.3 is 6.18 Å². The number of aromatic nitrogens is 2. The molecule has 1 saturated carbocycles. The maximum atomic E-state index is 14.4. The number of hydrogen-bond donors (Lipinski definition) is 2. The molecule has 17 heteroatoms. The van der Waals surface area contributed by atoms with Crippen molar-refractivity contribution in [2.24, 2.45) is 16.7 Å². The van der Waals surface area contributed by atoms with E-state index in [1.807, 2.05) is 29.2 Å². The standard InChI is InChI=1S/C46H50ClF3N8O5/c1-44(2)42(45(3,4)43(44)63-32-11-7-29(25-51)35(47)24-32)53-39(60)28-5-8-30(9-6-28)56-17-15-27(16-18-56)26-55-19-21-57(22-20-55)31-10-12-33-34(23-31)38(46(48,49)50)54-58(41(33)62)36-13-14-37(59)52-40(36)61/h5-12,23-24,27,36,42-43H,13-22,26H2,1-4H3,(H,53,60)(H,52,59,61). The Labute approximate surface area is 368 Å². The summed E-state index contributed by atoms with van der Waals surface area (Å²) in [5.74, 6) is -0.480. The van der Waals surface area contributed by atoms with E-state index in [1.54, 1.807) is 24.3 Å². The second-order valence-corrected chi connectivity index (χ2v) is 18.8. The number of imide groups is 1. The molecule has 4 aromatic rings. The number of nitriles is 1. The van der Waals surface area contributed by atoms with Gasteiger partial charge in [-0.2, -0.15) is 23.5 Å². The van der Waals surface area contributed by atoms with Crippen molar-refractivity contribution in [2.45, 2.75) is 77.7 Å². The SMILES string of the molecule is CC1(C)C(NC(=O)c2ccc(N3CCC(CN4CCN(c5ccc6c(=O)n(C7CCC(=O)NC7=O)nc(C(F)(F)F)c6c5)CC4)CC3)cc2)C(C)(C)C1Oc1ccc(C#N)c(Cl)c1. The van der Waals surface area contributed by atoms with Crippen molar-refractivity contribution < 1.29 is 32.3 Å². The van der Waals surface area contributed by atoms with Gasteiger partial charge in [0.2, 0.25) is 5.91 Å². The highest BCUT2D eigenvalue weighted by Gasteiger charge is 2.64. The highest BCUT2D eigenvalue weighted by atomic mass is 35.5. The lowest BCUT2D eigenvalue weighted by Gasteiger charge is -2.63. The molecule has 0 spiro atoms. The maximum absolute atomic E-state index is 14.4. The van der Waals surface area contributed by atoms with Crippen molar-refractivity contribution in [3.8, 4) is 11.8 Å². The van der Waals surface area contributed by atoms with E-state index in [0.29, 0.717) is 51.3 Å². The fraction of sp³-hybridized carbons (Fsp3) is 0.478. The van der Waals surface area contributed by atoms with E-state index in [-0.39, 0.29) is 52.5 Å². The first kappa shape index (κ1) is 44.0. The first-order valence-corrected chi connectivity index (χ1v) is 21.7. The Morgan fingerprint density at radius 1 is 0.889 bits per heavy atom. The van der Waals surface area contributed by atoms with Crippen LogP contribution in [0, 0.1) is 28.1 Å².